The number of carbonyl (C=O) groups excluding carboxylic acids is 2. The monoisotopic (exact) mass is 500 g/mol. The quantitative estimate of drug-likeness (QED) is 0.477. The van der Waals surface area contributed by atoms with Crippen molar-refractivity contribution < 1.29 is 27.8 Å². The zero-order valence-corrected chi connectivity index (χ0v) is 20.9. The van der Waals surface area contributed by atoms with Crippen molar-refractivity contribution in [2.75, 3.05) is 13.7 Å². The number of hydrogen-bond acceptors (Lipinski definition) is 4. The van der Waals surface area contributed by atoms with E-state index < -0.39 is 23.0 Å². The number of aryl methyl sites for hydroxylation is 1. The summed E-state index contributed by atoms with van der Waals surface area (Å²) in [5.74, 6) is -2.73. The number of fused-ring (bicyclic) bond motifs is 3. The highest BCUT2D eigenvalue weighted by molar-refractivity contribution is 5.95. The van der Waals surface area contributed by atoms with Crippen molar-refractivity contribution in [3.05, 3.63) is 58.7 Å². The van der Waals surface area contributed by atoms with Gasteiger partial charge in [-0.3, -0.25) is 9.59 Å². The molecule has 3 aliphatic carbocycles. The third-order valence-corrected chi connectivity index (χ3v) is 8.09. The van der Waals surface area contributed by atoms with Crippen molar-refractivity contribution in [3.8, 4) is 11.5 Å². The highest BCUT2D eigenvalue weighted by Crippen LogP contribution is 2.56. The second-order valence-electron chi connectivity index (χ2n) is 10.3. The number of nitrogens with one attached hydrogen (secondary N) is 1. The first-order valence-electron chi connectivity index (χ1n) is 12.6. The Morgan fingerprint density at radius 2 is 1.67 bits per heavy atom. The van der Waals surface area contributed by atoms with E-state index in [1.165, 1.54) is 6.07 Å². The molecule has 0 spiro atoms. The van der Waals surface area contributed by atoms with Gasteiger partial charge in [0.25, 0.3) is 5.91 Å². The fraction of sp³-hybridized carbons (Fsp3) is 0.500. The van der Waals surface area contributed by atoms with Crippen molar-refractivity contribution in [1.29, 1.82) is 0 Å². The van der Waals surface area contributed by atoms with Crippen LogP contribution in [0.4, 0.5) is 8.78 Å². The van der Waals surface area contributed by atoms with Crippen molar-refractivity contribution >= 4 is 11.8 Å². The number of hydrogen-bond donors (Lipinski definition) is 2. The number of benzene rings is 2. The van der Waals surface area contributed by atoms with Crippen molar-refractivity contribution in [2.24, 2.45) is 16.6 Å². The second-order valence-corrected chi connectivity index (χ2v) is 10.3. The van der Waals surface area contributed by atoms with Gasteiger partial charge in [0.15, 0.2) is 11.6 Å². The number of halogens is 2. The third-order valence-electron chi connectivity index (χ3n) is 8.09. The van der Waals surface area contributed by atoms with Crippen LogP contribution in [0.3, 0.4) is 0 Å². The summed E-state index contributed by atoms with van der Waals surface area (Å²) in [5, 5.41) is 2.84. The topological polar surface area (TPSA) is 90.7 Å². The Balaban J connectivity index is 1.47. The number of amides is 2. The molecule has 0 heterocycles. The lowest BCUT2D eigenvalue weighted by Crippen LogP contribution is -2.52. The first kappa shape index (κ1) is 25.9. The Morgan fingerprint density at radius 1 is 1.03 bits per heavy atom. The molecule has 2 aromatic carbocycles. The third kappa shape index (κ3) is 5.04. The van der Waals surface area contributed by atoms with Gasteiger partial charge >= 0.3 is 0 Å². The molecule has 194 valence electrons. The van der Waals surface area contributed by atoms with Gasteiger partial charge in [-0.15, -0.1) is 0 Å². The molecule has 0 saturated heterocycles. The molecule has 3 aliphatic rings. The van der Waals surface area contributed by atoms with Gasteiger partial charge in [-0.2, -0.15) is 4.39 Å². The van der Waals surface area contributed by atoms with E-state index in [1.54, 1.807) is 31.4 Å². The lowest BCUT2D eigenvalue weighted by molar-refractivity contribution is -0.136. The van der Waals surface area contributed by atoms with Crippen LogP contribution in [0.5, 0.6) is 11.5 Å². The standard InChI is InChI=1S/C28H34F2N2O4/c1-3-4-19-15-21(22(29)23(30)24(19)36-16-18-5-7-20(35-2)8-6-18)25(33)32-17-27-9-12-28(13-10-27,14-11-27)26(31)34/h5-8,15H,3-4,9-14,16-17H2,1-2H3,(H2,31,34)(H,32,33)/t27-,28+. The summed E-state index contributed by atoms with van der Waals surface area (Å²) < 4.78 is 41.0. The predicted molar refractivity (Wildman–Crippen MR) is 132 cm³/mol. The molecule has 3 fully saturated rings. The van der Waals surface area contributed by atoms with Crippen LogP contribution in [0, 0.1) is 22.5 Å². The highest BCUT2D eigenvalue weighted by atomic mass is 19.2. The average Bonchev–Trinajstić information content (AvgIpc) is 2.90. The van der Waals surface area contributed by atoms with Crippen LogP contribution >= 0.6 is 0 Å². The Hall–Kier alpha value is -3.16. The first-order chi connectivity index (χ1) is 17.2. The molecular weight excluding hydrogens is 466 g/mol. The van der Waals surface area contributed by atoms with Crippen molar-refractivity contribution in [1.82, 2.24) is 5.32 Å². The SMILES string of the molecule is CCCc1cc(C(=O)NC[C@]23CC[C@](C(N)=O)(CC2)CC3)c(F)c(F)c1OCc1ccc(OC)cc1. The summed E-state index contributed by atoms with van der Waals surface area (Å²) >= 11 is 0. The fourth-order valence-corrected chi connectivity index (χ4v) is 5.58. The molecule has 6 nitrogen and oxygen atoms in total. The maximum atomic E-state index is 15.1. The van der Waals surface area contributed by atoms with Gasteiger partial charge in [-0.05, 0) is 79.7 Å². The largest absolute Gasteiger partial charge is 0.497 e. The molecule has 2 bridgehead atoms. The number of rotatable bonds is 10. The smallest absolute Gasteiger partial charge is 0.254 e. The molecule has 0 aromatic heterocycles. The molecule has 2 aromatic rings. The minimum Gasteiger partial charge on any atom is -0.497 e. The van der Waals surface area contributed by atoms with Gasteiger partial charge < -0.3 is 20.5 Å². The lowest BCUT2D eigenvalue weighted by Gasteiger charge is -2.52. The van der Waals surface area contributed by atoms with Crippen LogP contribution in [0.15, 0.2) is 30.3 Å². The van der Waals surface area contributed by atoms with E-state index in [1.807, 2.05) is 6.92 Å². The Kier molecular flexibility index (Phi) is 7.52. The Labute approximate surface area is 210 Å². The van der Waals surface area contributed by atoms with Crippen LogP contribution in [-0.4, -0.2) is 25.5 Å². The molecule has 8 heteroatoms. The molecule has 5 rings (SSSR count). The summed E-state index contributed by atoms with van der Waals surface area (Å²) in [6.45, 7) is 2.34. The van der Waals surface area contributed by atoms with E-state index in [2.05, 4.69) is 5.32 Å². The fourth-order valence-electron chi connectivity index (χ4n) is 5.58. The van der Waals surface area contributed by atoms with Gasteiger partial charge in [-0.1, -0.05) is 25.5 Å². The van der Waals surface area contributed by atoms with E-state index in [0.29, 0.717) is 50.0 Å². The lowest BCUT2D eigenvalue weighted by atomic mass is 9.53. The molecule has 0 atom stereocenters. The predicted octanol–water partition coefficient (Wildman–Crippen LogP) is 5.06. The molecule has 0 radical (unpaired) electrons. The normalized spacial score (nSPS) is 22.8. The molecule has 3 N–H and O–H groups in total. The maximum absolute atomic E-state index is 15.1. The maximum Gasteiger partial charge on any atom is 0.254 e. The van der Waals surface area contributed by atoms with E-state index in [9.17, 15) is 9.59 Å². The van der Waals surface area contributed by atoms with Crippen LogP contribution in [0.2, 0.25) is 0 Å². The van der Waals surface area contributed by atoms with E-state index in [0.717, 1.165) is 24.8 Å². The van der Waals surface area contributed by atoms with Crippen LogP contribution in [-0.2, 0) is 17.8 Å². The van der Waals surface area contributed by atoms with Gasteiger partial charge in [0.1, 0.15) is 12.4 Å². The van der Waals surface area contributed by atoms with Gasteiger partial charge in [0.05, 0.1) is 12.7 Å². The number of nitrogens with two attached hydrogens (primary N) is 1. The van der Waals surface area contributed by atoms with E-state index in [-0.39, 0.29) is 29.2 Å². The Morgan fingerprint density at radius 3 is 2.22 bits per heavy atom. The number of methoxy groups -OCH3 is 1. The summed E-state index contributed by atoms with van der Waals surface area (Å²) in [5.41, 5.74) is 5.99. The second kappa shape index (κ2) is 10.4. The van der Waals surface area contributed by atoms with Crippen LogP contribution < -0.4 is 20.5 Å². The zero-order valence-electron chi connectivity index (χ0n) is 20.9. The summed E-state index contributed by atoms with van der Waals surface area (Å²) in [6, 6.07) is 8.51. The Bertz CT molecular complexity index is 1110. The van der Waals surface area contributed by atoms with Gasteiger partial charge in [-0.25, -0.2) is 4.39 Å². The van der Waals surface area contributed by atoms with Gasteiger partial charge in [0.2, 0.25) is 11.7 Å². The molecule has 36 heavy (non-hydrogen) atoms. The highest BCUT2D eigenvalue weighted by Gasteiger charge is 2.51. The zero-order chi connectivity index (χ0) is 25.9. The number of ether oxygens (including phenoxy) is 2. The van der Waals surface area contributed by atoms with E-state index >= 15 is 8.78 Å². The average molecular weight is 501 g/mol. The number of primary amides is 1. The van der Waals surface area contributed by atoms with E-state index in [4.69, 9.17) is 15.2 Å². The summed E-state index contributed by atoms with van der Waals surface area (Å²) in [6.07, 6.45) is 5.60. The summed E-state index contributed by atoms with van der Waals surface area (Å²) in [7, 11) is 1.57. The molecule has 3 saturated carbocycles. The minimum absolute atomic E-state index is 0.0535. The first-order valence-corrected chi connectivity index (χ1v) is 12.6. The minimum atomic E-state index is -1.21. The van der Waals surface area contributed by atoms with Crippen molar-refractivity contribution in [2.45, 2.75) is 64.9 Å². The number of carbonyl (C=O) groups is 2. The van der Waals surface area contributed by atoms with Gasteiger partial charge in [0, 0.05) is 12.0 Å². The molecule has 0 aliphatic heterocycles. The molecule has 2 amide bonds. The van der Waals surface area contributed by atoms with Crippen molar-refractivity contribution in [3.63, 3.8) is 0 Å². The van der Waals surface area contributed by atoms with Crippen LogP contribution in [0.25, 0.3) is 0 Å². The van der Waals surface area contributed by atoms with Crippen LogP contribution in [0.1, 0.15) is 73.4 Å². The molecular formula is C28H34F2N2O4. The molecule has 0 unspecified atom stereocenters. The summed E-state index contributed by atoms with van der Waals surface area (Å²) in [4.78, 5) is 24.8.